The molecule has 3 saturated carbocycles. The van der Waals surface area contributed by atoms with Crippen LogP contribution in [0.25, 0.3) is 0 Å². The number of hydroxylamine groups is 1. The number of hydrogen-bond donors (Lipinski definition) is 2. The van der Waals surface area contributed by atoms with Crippen molar-refractivity contribution < 1.29 is 19.2 Å². The van der Waals surface area contributed by atoms with Gasteiger partial charge in [0.2, 0.25) is 0 Å². The monoisotopic (exact) mass is 430 g/mol. The van der Waals surface area contributed by atoms with Gasteiger partial charge in [-0.15, -0.1) is 0 Å². The summed E-state index contributed by atoms with van der Waals surface area (Å²) in [4.78, 5) is 30.7. The summed E-state index contributed by atoms with van der Waals surface area (Å²) in [6.07, 6.45) is 9.21. The minimum atomic E-state index is -0.249. The molecule has 1 saturated heterocycles. The minimum Gasteiger partial charge on any atom is -0.429 e. The van der Waals surface area contributed by atoms with Crippen molar-refractivity contribution in [3.05, 3.63) is 11.5 Å². The second-order valence-electron chi connectivity index (χ2n) is 11.2. The zero-order valence-electron chi connectivity index (χ0n) is 19.3. The van der Waals surface area contributed by atoms with Gasteiger partial charge in [0.1, 0.15) is 11.5 Å². The zero-order valence-corrected chi connectivity index (χ0v) is 19.3. The summed E-state index contributed by atoms with van der Waals surface area (Å²) in [6.45, 7) is 8.00. The molecule has 1 heterocycles. The third-order valence-electron chi connectivity index (χ3n) is 9.72. The first-order valence-electron chi connectivity index (χ1n) is 12.4. The molecule has 0 bridgehead atoms. The molecule has 6 heteroatoms. The minimum absolute atomic E-state index is 0.0938. The molecule has 1 unspecified atom stereocenters. The molecule has 0 aromatic rings. The summed E-state index contributed by atoms with van der Waals surface area (Å²) < 4.78 is 5.89. The van der Waals surface area contributed by atoms with E-state index in [1.54, 1.807) is 0 Å². The number of carbonyl (C=O) groups is 2. The van der Waals surface area contributed by atoms with E-state index >= 15 is 0 Å². The average molecular weight is 431 g/mol. The van der Waals surface area contributed by atoms with E-state index in [1.807, 2.05) is 0 Å². The van der Waals surface area contributed by atoms with Crippen LogP contribution in [0.4, 0.5) is 0 Å². The molecule has 7 atom stereocenters. The van der Waals surface area contributed by atoms with Crippen LogP contribution in [-0.4, -0.2) is 30.9 Å². The third kappa shape index (κ3) is 3.45. The average Bonchev–Trinajstić information content (AvgIpc) is 3.35. The number of ketones is 1. The Labute approximate surface area is 185 Å². The maximum Gasteiger partial charge on any atom is 0.307 e. The van der Waals surface area contributed by atoms with Crippen molar-refractivity contribution in [2.45, 2.75) is 84.7 Å². The molecule has 31 heavy (non-hydrogen) atoms. The summed E-state index contributed by atoms with van der Waals surface area (Å²) in [6, 6.07) is 0. The normalized spacial score (nSPS) is 44.5. The first kappa shape index (κ1) is 21.4. The highest BCUT2D eigenvalue weighted by Gasteiger charge is 2.61. The predicted molar refractivity (Wildman–Crippen MR) is 116 cm³/mol. The number of Topliss-reactive ketones (excluding diaryl/α,β-unsaturated/α-hetero) is 1. The molecule has 0 spiro atoms. The van der Waals surface area contributed by atoms with Crippen LogP contribution < -0.4 is 10.8 Å². The van der Waals surface area contributed by atoms with Gasteiger partial charge in [-0.3, -0.25) is 19.9 Å². The van der Waals surface area contributed by atoms with E-state index in [9.17, 15) is 9.59 Å². The highest BCUT2D eigenvalue weighted by Crippen LogP contribution is 2.66. The maximum atomic E-state index is 12.7. The highest BCUT2D eigenvalue weighted by molar-refractivity contribution is 5.87. The van der Waals surface area contributed by atoms with E-state index in [1.165, 1.54) is 6.92 Å². The van der Waals surface area contributed by atoms with Crippen molar-refractivity contribution in [3.63, 3.8) is 0 Å². The fourth-order valence-corrected chi connectivity index (χ4v) is 8.02. The van der Waals surface area contributed by atoms with Gasteiger partial charge in [0.25, 0.3) is 0 Å². The summed E-state index contributed by atoms with van der Waals surface area (Å²) in [7, 11) is 0. The Hall–Kier alpha value is -1.40. The molecular weight excluding hydrogens is 392 g/mol. The van der Waals surface area contributed by atoms with Crippen LogP contribution in [0, 0.1) is 34.5 Å². The number of allylic oxidation sites excluding steroid dienone is 2. The van der Waals surface area contributed by atoms with Crippen molar-refractivity contribution in [2.75, 3.05) is 13.1 Å². The van der Waals surface area contributed by atoms with Gasteiger partial charge in [-0.2, -0.15) is 0 Å². The van der Waals surface area contributed by atoms with Crippen LogP contribution in [-0.2, 0) is 19.2 Å². The molecule has 4 fully saturated rings. The summed E-state index contributed by atoms with van der Waals surface area (Å²) in [5.41, 5.74) is 4.18. The van der Waals surface area contributed by atoms with Crippen LogP contribution in [0.15, 0.2) is 11.5 Å². The van der Waals surface area contributed by atoms with Gasteiger partial charge in [0.05, 0.1) is 11.8 Å². The second-order valence-corrected chi connectivity index (χ2v) is 11.2. The number of carbonyl (C=O) groups excluding carboxylic acids is 2. The lowest BCUT2D eigenvalue weighted by atomic mass is 9.45. The lowest BCUT2D eigenvalue weighted by Crippen LogP contribution is -2.54. The quantitative estimate of drug-likeness (QED) is 0.521. The number of esters is 1. The van der Waals surface area contributed by atoms with Crippen molar-refractivity contribution in [3.8, 4) is 0 Å². The second kappa shape index (κ2) is 7.87. The van der Waals surface area contributed by atoms with E-state index in [0.29, 0.717) is 23.5 Å². The van der Waals surface area contributed by atoms with E-state index < -0.39 is 0 Å². The molecule has 1 aliphatic heterocycles. The number of fused-ring (bicyclic) bond motifs is 5. The van der Waals surface area contributed by atoms with E-state index in [2.05, 4.69) is 24.6 Å². The Morgan fingerprint density at radius 3 is 2.65 bits per heavy atom. The molecule has 2 N–H and O–H groups in total. The summed E-state index contributed by atoms with van der Waals surface area (Å²) in [5.74, 6) is 3.07. The van der Waals surface area contributed by atoms with Gasteiger partial charge in [0.15, 0.2) is 0 Å². The smallest absolute Gasteiger partial charge is 0.307 e. The Bertz CT molecular complexity index is 788. The Morgan fingerprint density at radius 1 is 1.06 bits per heavy atom. The number of nitrogens with one attached hydrogen (secondary N) is 2. The lowest BCUT2D eigenvalue weighted by molar-refractivity contribution is -0.147. The molecule has 0 amide bonds. The van der Waals surface area contributed by atoms with Gasteiger partial charge in [0, 0.05) is 31.2 Å². The van der Waals surface area contributed by atoms with Gasteiger partial charge in [-0.1, -0.05) is 13.8 Å². The topological polar surface area (TPSA) is 76.7 Å². The number of rotatable bonds is 4. The molecule has 0 aromatic carbocycles. The van der Waals surface area contributed by atoms with Crippen LogP contribution in [0.5, 0.6) is 0 Å². The largest absolute Gasteiger partial charge is 0.429 e. The van der Waals surface area contributed by atoms with Crippen LogP contribution in [0.1, 0.15) is 78.6 Å². The van der Waals surface area contributed by atoms with Crippen LogP contribution in [0.2, 0.25) is 0 Å². The SMILES string of the molecule is CC(=O)OC1=C(NO[C@@H]2CCNC2)CC[C@@]2(C)C1CC[C@@H]1[C@@H]2CC[C@]2(C)C(=O)CC[C@@H]12. The Kier molecular flexibility index (Phi) is 5.45. The lowest BCUT2D eigenvalue weighted by Gasteiger charge is -2.59. The van der Waals surface area contributed by atoms with E-state index in [-0.39, 0.29) is 28.8 Å². The number of hydrogen-bond acceptors (Lipinski definition) is 6. The first-order valence-corrected chi connectivity index (χ1v) is 12.4. The van der Waals surface area contributed by atoms with Gasteiger partial charge in [-0.05, 0) is 81.1 Å². The van der Waals surface area contributed by atoms with Gasteiger partial charge >= 0.3 is 5.97 Å². The molecular formula is C25H38N2O4. The molecule has 5 rings (SSSR count). The zero-order chi connectivity index (χ0) is 21.8. The molecule has 6 nitrogen and oxygen atoms in total. The van der Waals surface area contributed by atoms with Crippen molar-refractivity contribution in [1.82, 2.24) is 10.8 Å². The van der Waals surface area contributed by atoms with Crippen LogP contribution >= 0.6 is 0 Å². The Morgan fingerprint density at radius 2 is 1.90 bits per heavy atom. The molecule has 172 valence electrons. The summed E-state index contributed by atoms with van der Waals surface area (Å²) in [5, 5.41) is 3.32. The van der Waals surface area contributed by atoms with Gasteiger partial charge < -0.3 is 10.1 Å². The fraction of sp³-hybridized carbons (Fsp3) is 0.840. The predicted octanol–water partition coefficient (Wildman–Crippen LogP) is 3.87. The molecule has 0 radical (unpaired) electrons. The summed E-state index contributed by atoms with van der Waals surface area (Å²) >= 11 is 0. The third-order valence-corrected chi connectivity index (χ3v) is 9.72. The first-order chi connectivity index (χ1) is 14.8. The standard InChI is InChI=1S/C25H38N2O4/c1-15(28)30-23-20-5-4-17-18-6-7-22(29)25(18,3)11-8-19(17)24(20,2)12-9-21(23)27-31-16-10-13-26-14-16/h16-20,26-27H,4-14H2,1-3H3/t16-,17+,18+,19+,20?,24-,25+/m1/s1. The Balaban J connectivity index is 1.40. The molecule has 4 aliphatic carbocycles. The van der Waals surface area contributed by atoms with Crippen molar-refractivity contribution in [1.29, 1.82) is 0 Å². The van der Waals surface area contributed by atoms with Crippen molar-refractivity contribution >= 4 is 11.8 Å². The number of ether oxygens (including phenoxy) is 1. The molecule has 0 aromatic heterocycles. The van der Waals surface area contributed by atoms with Crippen LogP contribution in [0.3, 0.4) is 0 Å². The van der Waals surface area contributed by atoms with Crippen molar-refractivity contribution in [2.24, 2.45) is 34.5 Å². The fourth-order valence-electron chi connectivity index (χ4n) is 8.02. The highest BCUT2D eigenvalue weighted by atomic mass is 16.7. The van der Waals surface area contributed by atoms with E-state index in [0.717, 1.165) is 82.3 Å². The maximum absolute atomic E-state index is 12.7. The van der Waals surface area contributed by atoms with Gasteiger partial charge in [-0.25, -0.2) is 0 Å². The van der Waals surface area contributed by atoms with E-state index in [4.69, 9.17) is 9.57 Å². The molecule has 5 aliphatic rings.